The summed E-state index contributed by atoms with van der Waals surface area (Å²) in [5.74, 6) is 0.197. The van der Waals surface area contributed by atoms with E-state index in [2.05, 4.69) is 17.6 Å². The van der Waals surface area contributed by atoms with Gasteiger partial charge in [0, 0.05) is 18.2 Å². The molecule has 0 fully saturated rings. The van der Waals surface area contributed by atoms with Crippen LogP contribution in [0.5, 0.6) is 0 Å². The number of amides is 1. The molecule has 1 rings (SSSR count). The fourth-order valence-corrected chi connectivity index (χ4v) is 1.87. The molecule has 0 aromatic heterocycles. The average molecular weight is 248 g/mol. The molecule has 0 spiro atoms. The first-order chi connectivity index (χ1) is 8.67. The van der Waals surface area contributed by atoms with E-state index in [1.807, 2.05) is 38.2 Å². The van der Waals surface area contributed by atoms with Gasteiger partial charge in [-0.15, -0.1) is 0 Å². The number of anilines is 1. The molecule has 100 valence electrons. The Morgan fingerprint density at radius 2 is 2.17 bits per heavy atom. The van der Waals surface area contributed by atoms with E-state index in [1.165, 1.54) is 5.56 Å². The van der Waals surface area contributed by atoms with Gasteiger partial charge in [-0.1, -0.05) is 38.8 Å². The highest BCUT2D eigenvalue weighted by Crippen LogP contribution is 2.14. The van der Waals surface area contributed by atoms with Crippen LogP contribution in [0, 0.1) is 5.92 Å². The third-order valence-corrected chi connectivity index (χ3v) is 3.01. The Balaban J connectivity index is 2.55. The van der Waals surface area contributed by atoms with Crippen LogP contribution in [-0.2, 0) is 11.3 Å². The molecule has 1 aromatic rings. The van der Waals surface area contributed by atoms with Crippen LogP contribution in [0.15, 0.2) is 24.3 Å². The van der Waals surface area contributed by atoms with Crippen molar-refractivity contribution in [3.8, 4) is 0 Å². The third-order valence-electron chi connectivity index (χ3n) is 3.01. The maximum Gasteiger partial charge on any atom is 0.227 e. The van der Waals surface area contributed by atoms with Crippen molar-refractivity contribution in [1.29, 1.82) is 0 Å². The summed E-state index contributed by atoms with van der Waals surface area (Å²) in [5, 5.41) is 6.09. The number of benzene rings is 1. The van der Waals surface area contributed by atoms with Crippen molar-refractivity contribution in [1.82, 2.24) is 5.32 Å². The maximum absolute atomic E-state index is 12.0. The molecule has 0 aliphatic rings. The molecule has 1 amide bonds. The Bertz CT molecular complexity index is 377. The fraction of sp³-hybridized carbons (Fsp3) is 0.533. The Labute approximate surface area is 110 Å². The second-order valence-corrected chi connectivity index (χ2v) is 4.76. The molecule has 0 aliphatic carbocycles. The van der Waals surface area contributed by atoms with Crippen molar-refractivity contribution in [2.75, 3.05) is 12.4 Å². The van der Waals surface area contributed by atoms with Gasteiger partial charge >= 0.3 is 0 Å². The molecule has 1 aromatic carbocycles. The SMILES string of the molecule is CCCCC(C)C(=O)Nc1cccc(CNC)c1. The number of nitrogens with one attached hydrogen (secondary N) is 2. The van der Waals surface area contributed by atoms with Crippen molar-refractivity contribution in [2.24, 2.45) is 5.92 Å². The van der Waals surface area contributed by atoms with Crippen LogP contribution in [0.3, 0.4) is 0 Å². The maximum atomic E-state index is 12.0. The molecule has 18 heavy (non-hydrogen) atoms. The highest BCUT2D eigenvalue weighted by atomic mass is 16.1. The minimum Gasteiger partial charge on any atom is -0.326 e. The van der Waals surface area contributed by atoms with Crippen molar-refractivity contribution in [2.45, 2.75) is 39.7 Å². The molecular formula is C15H24N2O. The molecule has 0 saturated carbocycles. The fourth-order valence-electron chi connectivity index (χ4n) is 1.87. The second kappa shape index (κ2) is 7.88. The highest BCUT2D eigenvalue weighted by Gasteiger charge is 2.12. The van der Waals surface area contributed by atoms with E-state index in [-0.39, 0.29) is 11.8 Å². The molecule has 2 N–H and O–H groups in total. The molecule has 0 saturated heterocycles. The zero-order valence-corrected chi connectivity index (χ0v) is 11.6. The molecule has 1 unspecified atom stereocenters. The number of unbranched alkanes of at least 4 members (excludes halogenated alkanes) is 1. The number of rotatable bonds is 7. The van der Waals surface area contributed by atoms with Gasteiger partial charge in [0.05, 0.1) is 0 Å². The van der Waals surface area contributed by atoms with E-state index in [0.29, 0.717) is 0 Å². The molecule has 0 radical (unpaired) electrons. The van der Waals surface area contributed by atoms with Crippen LogP contribution in [-0.4, -0.2) is 13.0 Å². The van der Waals surface area contributed by atoms with Gasteiger partial charge in [0.2, 0.25) is 5.91 Å². The third kappa shape index (κ3) is 4.88. The molecule has 1 atom stereocenters. The Morgan fingerprint density at radius 1 is 1.39 bits per heavy atom. The lowest BCUT2D eigenvalue weighted by Gasteiger charge is -2.12. The predicted octanol–water partition coefficient (Wildman–Crippen LogP) is 3.17. The van der Waals surface area contributed by atoms with Gasteiger partial charge in [-0.05, 0) is 31.2 Å². The van der Waals surface area contributed by atoms with Gasteiger partial charge in [-0.25, -0.2) is 0 Å². The zero-order chi connectivity index (χ0) is 13.4. The first-order valence-electron chi connectivity index (χ1n) is 6.71. The first kappa shape index (κ1) is 14.7. The molecule has 3 heteroatoms. The van der Waals surface area contributed by atoms with Gasteiger partial charge < -0.3 is 10.6 Å². The zero-order valence-electron chi connectivity index (χ0n) is 11.6. The van der Waals surface area contributed by atoms with Gasteiger partial charge in [0.15, 0.2) is 0 Å². The Kier molecular flexibility index (Phi) is 6.44. The largest absolute Gasteiger partial charge is 0.326 e. The van der Waals surface area contributed by atoms with E-state index in [4.69, 9.17) is 0 Å². The summed E-state index contributed by atoms with van der Waals surface area (Å²) >= 11 is 0. The van der Waals surface area contributed by atoms with Crippen molar-refractivity contribution < 1.29 is 4.79 Å². The van der Waals surface area contributed by atoms with E-state index in [9.17, 15) is 4.79 Å². The lowest BCUT2D eigenvalue weighted by molar-refractivity contribution is -0.119. The minimum atomic E-state index is 0.0814. The van der Waals surface area contributed by atoms with Gasteiger partial charge in [0.25, 0.3) is 0 Å². The monoisotopic (exact) mass is 248 g/mol. The van der Waals surface area contributed by atoms with Crippen LogP contribution < -0.4 is 10.6 Å². The Hall–Kier alpha value is -1.35. The summed E-state index contributed by atoms with van der Waals surface area (Å²) in [7, 11) is 1.91. The van der Waals surface area contributed by atoms with Crippen LogP contribution in [0.4, 0.5) is 5.69 Å². The van der Waals surface area contributed by atoms with Crippen LogP contribution in [0.25, 0.3) is 0 Å². The number of hydrogen-bond donors (Lipinski definition) is 2. The normalized spacial score (nSPS) is 12.2. The second-order valence-electron chi connectivity index (χ2n) is 4.76. The molecule has 0 bridgehead atoms. The average Bonchev–Trinajstić information content (AvgIpc) is 2.36. The highest BCUT2D eigenvalue weighted by molar-refractivity contribution is 5.92. The van der Waals surface area contributed by atoms with Gasteiger partial charge in [-0.2, -0.15) is 0 Å². The minimum absolute atomic E-state index is 0.0814. The van der Waals surface area contributed by atoms with Crippen LogP contribution in [0.2, 0.25) is 0 Å². The van der Waals surface area contributed by atoms with Crippen LogP contribution >= 0.6 is 0 Å². The lowest BCUT2D eigenvalue weighted by atomic mass is 10.0. The smallest absolute Gasteiger partial charge is 0.227 e. The number of carbonyl (C=O) groups is 1. The first-order valence-corrected chi connectivity index (χ1v) is 6.71. The number of hydrogen-bond acceptors (Lipinski definition) is 2. The van der Waals surface area contributed by atoms with E-state index >= 15 is 0 Å². The van der Waals surface area contributed by atoms with Gasteiger partial charge in [-0.3, -0.25) is 4.79 Å². The van der Waals surface area contributed by atoms with Gasteiger partial charge in [0.1, 0.15) is 0 Å². The van der Waals surface area contributed by atoms with Crippen LogP contribution in [0.1, 0.15) is 38.7 Å². The summed E-state index contributed by atoms with van der Waals surface area (Å²) < 4.78 is 0. The summed E-state index contributed by atoms with van der Waals surface area (Å²) in [5.41, 5.74) is 2.06. The van der Waals surface area contributed by atoms with Crippen molar-refractivity contribution in [3.63, 3.8) is 0 Å². The molecule has 0 aliphatic heterocycles. The molecule has 3 nitrogen and oxygen atoms in total. The Morgan fingerprint density at radius 3 is 2.83 bits per heavy atom. The predicted molar refractivity (Wildman–Crippen MR) is 76.5 cm³/mol. The number of carbonyl (C=O) groups excluding carboxylic acids is 1. The summed E-state index contributed by atoms with van der Waals surface area (Å²) in [6.45, 7) is 4.95. The molecular weight excluding hydrogens is 224 g/mol. The topological polar surface area (TPSA) is 41.1 Å². The lowest BCUT2D eigenvalue weighted by Crippen LogP contribution is -2.20. The standard InChI is InChI=1S/C15H24N2O/c1-4-5-7-12(2)15(18)17-14-9-6-8-13(10-14)11-16-3/h6,8-10,12,16H,4-5,7,11H2,1-3H3,(H,17,18). The van der Waals surface area contributed by atoms with Crippen molar-refractivity contribution >= 4 is 11.6 Å². The summed E-state index contributed by atoms with van der Waals surface area (Å²) in [4.78, 5) is 12.0. The van der Waals surface area contributed by atoms with Crippen molar-refractivity contribution in [3.05, 3.63) is 29.8 Å². The van der Waals surface area contributed by atoms with E-state index in [1.54, 1.807) is 0 Å². The summed E-state index contributed by atoms with van der Waals surface area (Å²) in [6.07, 6.45) is 3.20. The van der Waals surface area contributed by atoms with E-state index < -0.39 is 0 Å². The van der Waals surface area contributed by atoms with E-state index in [0.717, 1.165) is 31.5 Å². The summed E-state index contributed by atoms with van der Waals surface area (Å²) in [6, 6.07) is 7.97. The molecule has 0 heterocycles. The quantitative estimate of drug-likeness (QED) is 0.778.